The van der Waals surface area contributed by atoms with Crippen molar-refractivity contribution in [3.05, 3.63) is 66.2 Å². The van der Waals surface area contributed by atoms with Crippen LogP contribution in [0.15, 0.2) is 60.7 Å². The fourth-order valence-electron chi connectivity index (χ4n) is 1.70. The average Bonchev–Trinajstić information content (AvgIpc) is 2.31. The van der Waals surface area contributed by atoms with Gasteiger partial charge >= 0.3 is 0 Å². The van der Waals surface area contributed by atoms with E-state index >= 15 is 0 Å². The molecule has 0 atom stereocenters. The van der Waals surface area contributed by atoms with E-state index in [0.717, 1.165) is 0 Å². The molecule has 0 amide bonds. The molecule has 2 aromatic rings. The second-order valence-corrected chi connectivity index (χ2v) is 3.45. The van der Waals surface area contributed by atoms with E-state index in [4.69, 9.17) is 0 Å². The van der Waals surface area contributed by atoms with E-state index in [0.29, 0.717) is 0 Å². The molecule has 0 aliphatic carbocycles. The molecule has 74 valence electrons. The molecular weight excluding hydrogens is 180 g/mol. The quantitative estimate of drug-likeness (QED) is 0.665. The fourth-order valence-corrected chi connectivity index (χ4v) is 1.70. The average molecular weight is 194 g/mol. The monoisotopic (exact) mass is 194 g/mol. The summed E-state index contributed by atoms with van der Waals surface area (Å²) in [6.07, 6.45) is 4.21. The molecule has 0 aliphatic heterocycles. The molecule has 0 saturated carbocycles. The third kappa shape index (κ3) is 2.16. The Hall–Kier alpha value is -1.82. The SMILES string of the molecule is C/C=C\c1ccccc1-c1ccccc1. The van der Waals surface area contributed by atoms with E-state index in [1.807, 2.05) is 13.0 Å². The maximum absolute atomic E-state index is 2.16. The molecule has 0 heterocycles. The van der Waals surface area contributed by atoms with Gasteiger partial charge in [0.1, 0.15) is 0 Å². The molecule has 15 heavy (non-hydrogen) atoms. The van der Waals surface area contributed by atoms with Gasteiger partial charge in [0.15, 0.2) is 0 Å². The Bertz CT molecular complexity index is 452. The second kappa shape index (κ2) is 4.61. The summed E-state index contributed by atoms with van der Waals surface area (Å²) in [6.45, 7) is 2.04. The fraction of sp³-hybridized carbons (Fsp3) is 0.0667. The van der Waals surface area contributed by atoms with Crippen LogP contribution in [0.3, 0.4) is 0 Å². The lowest BCUT2D eigenvalue weighted by molar-refractivity contribution is 1.58. The molecule has 0 heteroatoms. The zero-order valence-electron chi connectivity index (χ0n) is 8.85. The van der Waals surface area contributed by atoms with Gasteiger partial charge in [0, 0.05) is 0 Å². The van der Waals surface area contributed by atoms with Gasteiger partial charge in [-0.2, -0.15) is 0 Å². The van der Waals surface area contributed by atoms with E-state index in [1.165, 1.54) is 16.7 Å². The first kappa shape index (κ1) is 9.72. The molecule has 0 bridgehead atoms. The molecule has 0 spiro atoms. The number of rotatable bonds is 2. The van der Waals surface area contributed by atoms with Crippen molar-refractivity contribution in [2.45, 2.75) is 6.92 Å². The van der Waals surface area contributed by atoms with Crippen LogP contribution in [0.5, 0.6) is 0 Å². The van der Waals surface area contributed by atoms with Gasteiger partial charge in [-0.3, -0.25) is 0 Å². The Morgan fingerprint density at radius 1 is 0.800 bits per heavy atom. The van der Waals surface area contributed by atoms with Crippen LogP contribution in [0, 0.1) is 0 Å². The van der Waals surface area contributed by atoms with Gasteiger partial charge in [0.25, 0.3) is 0 Å². The largest absolute Gasteiger partial charge is 0.0870 e. The van der Waals surface area contributed by atoms with Crippen LogP contribution in [-0.2, 0) is 0 Å². The van der Waals surface area contributed by atoms with Crippen LogP contribution >= 0.6 is 0 Å². The molecule has 0 fully saturated rings. The van der Waals surface area contributed by atoms with E-state index in [9.17, 15) is 0 Å². The van der Waals surface area contributed by atoms with Crippen molar-refractivity contribution in [3.8, 4) is 11.1 Å². The lowest BCUT2D eigenvalue weighted by Crippen LogP contribution is -1.81. The summed E-state index contributed by atoms with van der Waals surface area (Å²) in [6, 6.07) is 18.9. The van der Waals surface area contributed by atoms with Crippen molar-refractivity contribution in [3.63, 3.8) is 0 Å². The first-order valence-electron chi connectivity index (χ1n) is 5.19. The molecule has 2 aromatic carbocycles. The van der Waals surface area contributed by atoms with Crippen LogP contribution in [-0.4, -0.2) is 0 Å². The van der Waals surface area contributed by atoms with E-state index < -0.39 is 0 Å². The van der Waals surface area contributed by atoms with Gasteiger partial charge in [-0.05, 0) is 23.6 Å². The summed E-state index contributed by atoms with van der Waals surface area (Å²) in [4.78, 5) is 0. The molecule has 0 radical (unpaired) electrons. The molecule has 0 aliphatic rings. The van der Waals surface area contributed by atoms with Gasteiger partial charge in [0.05, 0.1) is 0 Å². The third-order valence-corrected chi connectivity index (χ3v) is 2.39. The summed E-state index contributed by atoms with van der Waals surface area (Å²) < 4.78 is 0. The Labute approximate surface area is 90.9 Å². The normalized spacial score (nSPS) is 10.7. The smallest absolute Gasteiger partial charge is 0.0112 e. The summed E-state index contributed by atoms with van der Waals surface area (Å²) in [5.41, 5.74) is 3.83. The summed E-state index contributed by atoms with van der Waals surface area (Å²) >= 11 is 0. The first-order valence-corrected chi connectivity index (χ1v) is 5.19. The van der Waals surface area contributed by atoms with Crippen LogP contribution in [0.2, 0.25) is 0 Å². The molecule has 0 saturated heterocycles. The minimum Gasteiger partial charge on any atom is -0.0870 e. The van der Waals surface area contributed by atoms with E-state index in [2.05, 4.69) is 60.7 Å². The predicted octanol–water partition coefficient (Wildman–Crippen LogP) is 4.39. The minimum absolute atomic E-state index is 1.27. The lowest BCUT2D eigenvalue weighted by Gasteiger charge is -2.05. The number of hydrogen-bond acceptors (Lipinski definition) is 0. The van der Waals surface area contributed by atoms with Crippen molar-refractivity contribution in [1.29, 1.82) is 0 Å². The Morgan fingerprint density at radius 2 is 1.47 bits per heavy atom. The summed E-state index contributed by atoms with van der Waals surface area (Å²) in [5, 5.41) is 0. The summed E-state index contributed by atoms with van der Waals surface area (Å²) in [5.74, 6) is 0. The van der Waals surface area contributed by atoms with Crippen molar-refractivity contribution in [1.82, 2.24) is 0 Å². The minimum atomic E-state index is 1.27. The van der Waals surface area contributed by atoms with Crippen LogP contribution in [0.4, 0.5) is 0 Å². The van der Waals surface area contributed by atoms with Crippen molar-refractivity contribution >= 4 is 6.08 Å². The third-order valence-electron chi connectivity index (χ3n) is 2.39. The predicted molar refractivity (Wildman–Crippen MR) is 66.6 cm³/mol. The van der Waals surface area contributed by atoms with E-state index in [1.54, 1.807) is 0 Å². The molecule has 0 aromatic heterocycles. The van der Waals surface area contributed by atoms with Crippen molar-refractivity contribution in [2.75, 3.05) is 0 Å². The standard InChI is InChI=1S/C15H14/c1-2-8-13-11-6-7-12-15(13)14-9-4-3-5-10-14/h2-12H,1H3/b8-2-. The molecular formula is C15H14. The number of benzene rings is 2. The maximum Gasteiger partial charge on any atom is -0.0112 e. The highest BCUT2D eigenvalue weighted by atomic mass is 14.0. The molecule has 0 unspecified atom stereocenters. The van der Waals surface area contributed by atoms with Gasteiger partial charge in [-0.25, -0.2) is 0 Å². The Balaban J connectivity index is 2.53. The summed E-state index contributed by atoms with van der Waals surface area (Å²) in [7, 11) is 0. The Morgan fingerprint density at radius 3 is 2.20 bits per heavy atom. The molecule has 0 nitrogen and oxygen atoms in total. The molecule has 0 N–H and O–H groups in total. The highest BCUT2D eigenvalue weighted by molar-refractivity contribution is 5.74. The number of allylic oxidation sites excluding steroid dienone is 1. The van der Waals surface area contributed by atoms with Crippen molar-refractivity contribution < 1.29 is 0 Å². The highest BCUT2D eigenvalue weighted by Gasteiger charge is 1.99. The lowest BCUT2D eigenvalue weighted by atomic mass is 10.00. The van der Waals surface area contributed by atoms with Gasteiger partial charge in [-0.15, -0.1) is 0 Å². The second-order valence-electron chi connectivity index (χ2n) is 3.45. The van der Waals surface area contributed by atoms with Crippen molar-refractivity contribution in [2.24, 2.45) is 0 Å². The van der Waals surface area contributed by atoms with Gasteiger partial charge in [0.2, 0.25) is 0 Å². The maximum atomic E-state index is 2.16. The van der Waals surface area contributed by atoms with Gasteiger partial charge < -0.3 is 0 Å². The highest BCUT2D eigenvalue weighted by Crippen LogP contribution is 2.24. The van der Waals surface area contributed by atoms with Crippen LogP contribution in [0.25, 0.3) is 17.2 Å². The zero-order chi connectivity index (χ0) is 10.5. The number of hydrogen-bond donors (Lipinski definition) is 0. The topological polar surface area (TPSA) is 0 Å². The zero-order valence-corrected chi connectivity index (χ0v) is 8.85. The van der Waals surface area contributed by atoms with Crippen LogP contribution < -0.4 is 0 Å². The van der Waals surface area contributed by atoms with E-state index in [-0.39, 0.29) is 0 Å². The Kier molecular flexibility index (Phi) is 2.99. The first-order chi connectivity index (χ1) is 7.42. The van der Waals surface area contributed by atoms with Gasteiger partial charge in [-0.1, -0.05) is 66.7 Å². The molecule has 2 rings (SSSR count). The van der Waals surface area contributed by atoms with Crippen LogP contribution in [0.1, 0.15) is 12.5 Å².